The Balaban J connectivity index is 2.73. The lowest BCUT2D eigenvalue weighted by Gasteiger charge is -2.28. The maximum Gasteiger partial charge on any atom is 0.253 e. The lowest BCUT2D eigenvalue weighted by Crippen LogP contribution is -2.50. The van der Waals surface area contributed by atoms with Gasteiger partial charge in [-0.3, -0.25) is 4.79 Å². The molecule has 1 amide bonds. The fraction of sp³-hybridized carbons (Fsp3) is 0.417. The molecule has 0 aliphatic rings. The van der Waals surface area contributed by atoms with Gasteiger partial charge in [0.05, 0.1) is 12.5 Å². The molecule has 106 valence electrons. The SMILES string of the molecule is COc1ccc(C(=O)N[C@H](O)C(Cl)(Cl)[C@H](C)Cl)cc1. The van der Waals surface area contributed by atoms with Crippen LogP contribution in [0.3, 0.4) is 0 Å². The molecule has 1 rings (SSSR count). The summed E-state index contributed by atoms with van der Waals surface area (Å²) >= 11 is 17.4. The van der Waals surface area contributed by atoms with E-state index in [1.54, 1.807) is 24.3 Å². The average Bonchev–Trinajstić information content (AvgIpc) is 2.38. The number of aliphatic hydroxyl groups is 1. The molecule has 2 atom stereocenters. The summed E-state index contributed by atoms with van der Waals surface area (Å²) in [6.07, 6.45) is -1.49. The summed E-state index contributed by atoms with van der Waals surface area (Å²) in [5.74, 6) is 0.105. The van der Waals surface area contributed by atoms with E-state index in [-0.39, 0.29) is 0 Å². The molecule has 7 heteroatoms. The fourth-order valence-corrected chi connectivity index (χ4v) is 1.49. The van der Waals surface area contributed by atoms with E-state index < -0.39 is 21.8 Å². The minimum Gasteiger partial charge on any atom is -0.497 e. The Hall–Kier alpha value is -0.680. The van der Waals surface area contributed by atoms with Crippen LogP contribution in [0.25, 0.3) is 0 Å². The van der Waals surface area contributed by atoms with Crippen molar-refractivity contribution >= 4 is 40.7 Å². The number of rotatable bonds is 5. The summed E-state index contributed by atoms with van der Waals surface area (Å²) in [7, 11) is 1.52. The summed E-state index contributed by atoms with van der Waals surface area (Å²) in [5, 5.41) is 11.3. The van der Waals surface area contributed by atoms with Crippen molar-refractivity contribution < 1.29 is 14.6 Å². The molecule has 0 radical (unpaired) electrons. The van der Waals surface area contributed by atoms with Crippen LogP contribution in [0.5, 0.6) is 5.75 Å². The second kappa shape index (κ2) is 6.66. The van der Waals surface area contributed by atoms with Crippen LogP contribution in [0.15, 0.2) is 24.3 Å². The number of nitrogens with one attached hydrogen (secondary N) is 1. The molecule has 0 fully saturated rings. The standard InChI is InChI=1S/C12H14Cl3NO3/c1-7(13)12(14,15)11(18)16-10(17)8-3-5-9(19-2)6-4-8/h3-7,11,18H,1-2H3,(H,16,17)/t7-,11+/m0/s1. The lowest BCUT2D eigenvalue weighted by atomic mass is 10.2. The molecule has 1 aromatic rings. The normalized spacial score (nSPS) is 14.6. The lowest BCUT2D eigenvalue weighted by molar-refractivity contribution is 0.0742. The third kappa shape index (κ3) is 4.14. The van der Waals surface area contributed by atoms with Crippen LogP contribution >= 0.6 is 34.8 Å². The topological polar surface area (TPSA) is 58.6 Å². The Morgan fingerprint density at radius 2 is 1.89 bits per heavy atom. The second-order valence-electron chi connectivity index (χ2n) is 3.90. The molecule has 0 heterocycles. The maximum absolute atomic E-state index is 11.9. The predicted octanol–water partition coefficient (Wildman–Crippen LogP) is 2.54. The van der Waals surface area contributed by atoms with Crippen molar-refractivity contribution in [2.45, 2.75) is 22.9 Å². The first-order chi connectivity index (χ1) is 8.78. The van der Waals surface area contributed by atoms with Crippen LogP contribution in [-0.2, 0) is 0 Å². The van der Waals surface area contributed by atoms with Crippen molar-refractivity contribution in [3.8, 4) is 5.75 Å². The summed E-state index contributed by atoms with van der Waals surface area (Å²) in [6, 6.07) is 6.35. The number of amides is 1. The van der Waals surface area contributed by atoms with Crippen LogP contribution in [0.1, 0.15) is 17.3 Å². The fourth-order valence-electron chi connectivity index (χ4n) is 1.26. The summed E-state index contributed by atoms with van der Waals surface area (Å²) in [4.78, 5) is 11.9. The minimum atomic E-state index is -1.68. The molecule has 0 aliphatic heterocycles. The van der Waals surface area contributed by atoms with E-state index >= 15 is 0 Å². The molecular weight excluding hydrogens is 312 g/mol. The van der Waals surface area contributed by atoms with E-state index in [1.807, 2.05) is 0 Å². The Morgan fingerprint density at radius 3 is 2.32 bits per heavy atom. The van der Waals surface area contributed by atoms with Gasteiger partial charge in [0.15, 0.2) is 10.6 Å². The number of benzene rings is 1. The van der Waals surface area contributed by atoms with Gasteiger partial charge in [0.2, 0.25) is 0 Å². The monoisotopic (exact) mass is 325 g/mol. The average molecular weight is 327 g/mol. The van der Waals surface area contributed by atoms with E-state index in [2.05, 4.69) is 5.32 Å². The quantitative estimate of drug-likeness (QED) is 0.646. The molecule has 0 saturated heterocycles. The van der Waals surface area contributed by atoms with Gasteiger partial charge in [0.1, 0.15) is 5.75 Å². The minimum absolute atomic E-state index is 0.339. The smallest absolute Gasteiger partial charge is 0.253 e. The van der Waals surface area contributed by atoms with Crippen molar-refractivity contribution in [3.05, 3.63) is 29.8 Å². The number of alkyl halides is 3. The van der Waals surface area contributed by atoms with E-state index in [9.17, 15) is 9.90 Å². The highest BCUT2D eigenvalue weighted by Gasteiger charge is 2.39. The summed E-state index contributed by atoms with van der Waals surface area (Å²) in [6.45, 7) is 1.52. The number of halogens is 3. The zero-order valence-corrected chi connectivity index (χ0v) is 12.6. The van der Waals surface area contributed by atoms with Crippen molar-refractivity contribution in [1.29, 1.82) is 0 Å². The van der Waals surface area contributed by atoms with Crippen LogP contribution in [0.4, 0.5) is 0 Å². The number of methoxy groups -OCH3 is 1. The first-order valence-corrected chi connectivity index (χ1v) is 6.63. The molecule has 0 bridgehead atoms. The van der Waals surface area contributed by atoms with Gasteiger partial charge in [-0.15, -0.1) is 11.6 Å². The van der Waals surface area contributed by atoms with Crippen molar-refractivity contribution in [1.82, 2.24) is 5.32 Å². The number of hydrogen-bond acceptors (Lipinski definition) is 3. The Labute approximate surface area is 126 Å². The molecule has 0 saturated carbocycles. The molecule has 0 aromatic heterocycles. The Kier molecular flexibility index (Phi) is 5.74. The van der Waals surface area contributed by atoms with E-state index in [1.165, 1.54) is 14.0 Å². The highest BCUT2D eigenvalue weighted by Crippen LogP contribution is 2.32. The Morgan fingerprint density at radius 1 is 1.37 bits per heavy atom. The van der Waals surface area contributed by atoms with Gasteiger partial charge in [-0.2, -0.15) is 0 Å². The van der Waals surface area contributed by atoms with Crippen molar-refractivity contribution in [2.24, 2.45) is 0 Å². The van der Waals surface area contributed by atoms with Gasteiger partial charge in [-0.1, -0.05) is 23.2 Å². The molecule has 4 nitrogen and oxygen atoms in total. The van der Waals surface area contributed by atoms with Crippen molar-refractivity contribution in [2.75, 3.05) is 7.11 Å². The number of ether oxygens (including phenoxy) is 1. The maximum atomic E-state index is 11.9. The van der Waals surface area contributed by atoms with Gasteiger partial charge < -0.3 is 15.2 Å². The van der Waals surface area contributed by atoms with Gasteiger partial charge in [-0.25, -0.2) is 0 Å². The van der Waals surface area contributed by atoms with Gasteiger partial charge >= 0.3 is 0 Å². The molecule has 0 aliphatic carbocycles. The Bertz CT molecular complexity index is 434. The largest absolute Gasteiger partial charge is 0.497 e. The first-order valence-electron chi connectivity index (χ1n) is 5.44. The van der Waals surface area contributed by atoms with Crippen LogP contribution < -0.4 is 10.1 Å². The summed E-state index contributed by atoms with van der Waals surface area (Å²) < 4.78 is 3.30. The zero-order chi connectivity index (χ0) is 14.6. The third-order valence-electron chi connectivity index (χ3n) is 2.51. The third-order valence-corrected chi connectivity index (χ3v) is 4.15. The molecule has 0 unspecified atom stereocenters. The predicted molar refractivity (Wildman–Crippen MR) is 76.2 cm³/mol. The number of carbonyl (C=O) groups is 1. The molecule has 1 aromatic carbocycles. The van der Waals surface area contributed by atoms with Crippen LogP contribution in [0.2, 0.25) is 0 Å². The second-order valence-corrected chi connectivity index (χ2v) is 5.99. The van der Waals surface area contributed by atoms with E-state index in [4.69, 9.17) is 39.5 Å². The molecule has 2 N–H and O–H groups in total. The van der Waals surface area contributed by atoms with Crippen LogP contribution in [-0.4, -0.2) is 34.1 Å². The van der Waals surface area contributed by atoms with Gasteiger partial charge in [-0.05, 0) is 31.2 Å². The molecular formula is C12H14Cl3NO3. The highest BCUT2D eigenvalue weighted by atomic mass is 35.5. The van der Waals surface area contributed by atoms with E-state index in [0.717, 1.165) is 0 Å². The first kappa shape index (κ1) is 16.4. The molecule has 19 heavy (non-hydrogen) atoms. The van der Waals surface area contributed by atoms with Gasteiger partial charge in [0, 0.05) is 5.56 Å². The highest BCUT2D eigenvalue weighted by molar-refractivity contribution is 6.52. The van der Waals surface area contributed by atoms with E-state index in [0.29, 0.717) is 11.3 Å². The number of aliphatic hydroxyl groups excluding tert-OH is 1. The number of carbonyl (C=O) groups excluding carboxylic acids is 1. The van der Waals surface area contributed by atoms with Gasteiger partial charge in [0.25, 0.3) is 5.91 Å². The van der Waals surface area contributed by atoms with Crippen molar-refractivity contribution in [3.63, 3.8) is 0 Å². The van der Waals surface area contributed by atoms with Crippen LogP contribution in [0, 0.1) is 0 Å². The number of hydrogen-bond donors (Lipinski definition) is 2. The summed E-state index contributed by atoms with van der Waals surface area (Å²) in [5.41, 5.74) is 0.339. The zero-order valence-electron chi connectivity index (χ0n) is 10.4. The molecule has 0 spiro atoms.